The molecule has 0 spiro atoms. The largest absolute Gasteiger partial charge is 0.461 e. The molecule has 3 heterocycles. The highest BCUT2D eigenvalue weighted by Crippen LogP contribution is 2.26. The number of amides is 3. The predicted octanol–water partition coefficient (Wildman–Crippen LogP) is 1.97. The van der Waals surface area contributed by atoms with Gasteiger partial charge in [0.1, 0.15) is 0 Å². The van der Waals surface area contributed by atoms with Crippen LogP contribution in [0.1, 0.15) is 39.0 Å². The number of ether oxygens (including phenoxy) is 1. The van der Waals surface area contributed by atoms with Crippen LogP contribution in [0.5, 0.6) is 0 Å². The van der Waals surface area contributed by atoms with Gasteiger partial charge in [0, 0.05) is 48.6 Å². The number of carbonyl (C=O) groups is 3. The SMILES string of the molecule is C=CCn1nc(C(=O)OCC)c2c1CCN(C(=O)c1cccc(N3CCNC3=O)c1)C2. The molecule has 1 aromatic carbocycles. The summed E-state index contributed by atoms with van der Waals surface area (Å²) in [5.74, 6) is -0.642. The second kappa shape index (κ2) is 8.63. The fraction of sp³-hybridized carbons (Fsp3) is 0.364. The summed E-state index contributed by atoms with van der Waals surface area (Å²) >= 11 is 0. The number of hydrogen-bond acceptors (Lipinski definition) is 5. The van der Waals surface area contributed by atoms with Crippen molar-refractivity contribution < 1.29 is 19.1 Å². The monoisotopic (exact) mass is 423 g/mol. The normalized spacial score (nSPS) is 15.5. The maximum absolute atomic E-state index is 13.2. The Balaban J connectivity index is 1.60. The molecule has 9 heteroatoms. The van der Waals surface area contributed by atoms with Crippen molar-refractivity contribution in [1.29, 1.82) is 0 Å². The highest BCUT2D eigenvalue weighted by Gasteiger charge is 2.31. The van der Waals surface area contributed by atoms with Crippen LogP contribution in [0, 0.1) is 0 Å². The molecule has 0 aliphatic carbocycles. The lowest BCUT2D eigenvalue weighted by Crippen LogP contribution is -2.37. The number of benzene rings is 1. The van der Waals surface area contributed by atoms with E-state index in [1.807, 2.05) is 6.07 Å². The Morgan fingerprint density at radius 1 is 1.32 bits per heavy atom. The number of esters is 1. The van der Waals surface area contributed by atoms with E-state index < -0.39 is 5.97 Å². The summed E-state index contributed by atoms with van der Waals surface area (Å²) in [6, 6.07) is 6.89. The number of rotatable bonds is 6. The molecular weight excluding hydrogens is 398 g/mol. The van der Waals surface area contributed by atoms with Gasteiger partial charge in [0.25, 0.3) is 5.91 Å². The Kier molecular flexibility index (Phi) is 5.75. The average Bonchev–Trinajstić information content (AvgIpc) is 3.37. The maximum Gasteiger partial charge on any atom is 0.359 e. The van der Waals surface area contributed by atoms with Crippen molar-refractivity contribution in [3.8, 4) is 0 Å². The number of fused-ring (bicyclic) bond motifs is 1. The molecule has 1 N–H and O–H groups in total. The van der Waals surface area contributed by atoms with Crippen LogP contribution >= 0.6 is 0 Å². The standard InChI is InChI=1S/C22H25N5O4/c1-3-10-27-18-8-11-25(14-17(18)19(24-27)21(29)31-4-2)20(28)15-6-5-7-16(13-15)26-12-9-23-22(26)30/h3,5-7,13H,1,4,8-12,14H2,2H3,(H,23,30). The zero-order valence-corrected chi connectivity index (χ0v) is 17.5. The Morgan fingerprint density at radius 2 is 2.16 bits per heavy atom. The first kappa shape index (κ1) is 20.6. The molecule has 1 aromatic heterocycles. The van der Waals surface area contributed by atoms with Crippen LogP contribution < -0.4 is 10.2 Å². The molecule has 2 aliphatic rings. The molecule has 9 nitrogen and oxygen atoms in total. The molecule has 0 radical (unpaired) electrons. The van der Waals surface area contributed by atoms with Crippen LogP contribution in [0.25, 0.3) is 0 Å². The summed E-state index contributed by atoms with van der Waals surface area (Å²) in [6.45, 7) is 8.15. The maximum atomic E-state index is 13.2. The van der Waals surface area contributed by atoms with Crippen molar-refractivity contribution in [2.75, 3.05) is 31.1 Å². The fourth-order valence-corrected chi connectivity index (χ4v) is 4.01. The predicted molar refractivity (Wildman–Crippen MR) is 114 cm³/mol. The zero-order valence-electron chi connectivity index (χ0n) is 17.5. The van der Waals surface area contributed by atoms with Gasteiger partial charge in [-0.2, -0.15) is 5.10 Å². The van der Waals surface area contributed by atoms with E-state index in [1.165, 1.54) is 0 Å². The van der Waals surface area contributed by atoms with E-state index in [-0.39, 0.29) is 30.8 Å². The van der Waals surface area contributed by atoms with Crippen LogP contribution in [-0.2, 0) is 24.2 Å². The fourth-order valence-electron chi connectivity index (χ4n) is 4.01. The van der Waals surface area contributed by atoms with Crippen molar-refractivity contribution in [2.45, 2.75) is 26.4 Å². The molecule has 31 heavy (non-hydrogen) atoms. The van der Waals surface area contributed by atoms with Gasteiger partial charge in [0.2, 0.25) is 0 Å². The quantitative estimate of drug-likeness (QED) is 0.566. The Labute approximate surface area is 180 Å². The van der Waals surface area contributed by atoms with E-state index >= 15 is 0 Å². The molecule has 162 valence electrons. The molecule has 0 saturated carbocycles. The lowest BCUT2D eigenvalue weighted by Gasteiger charge is -2.28. The Bertz CT molecular complexity index is 1040. The summed E-state index contributed by atoms with van der Waals surface area (Å²) in [7, 11) is 0. The van der Waals surface area contributed by atoms with E-state index in [9.17, 15) is 14.4 Å². The van der Waals surface area contributed by atoms with Gasteiger partial charge in [-0.1, -0.05) is 12.1 Å². The highest BCUT2D eigenvalue weighted by atomic mass is 16.5. The van der Waals surface area contributed by atoms with Gasteiger partial charge in [-0.3, -0.25) is 14.4 Å². The summed E-state index contributed by atoms with van der Waals surface area (Å²) < 4.78 is 6.91. The molecule has 0 unspecified atom stereocenters. The number of hydrogen-bond donors (Lipinski definition) is 1. The highest BCUT2D eigenvalue weighted by molar-refractivity contribution is 5.98. The minimum absolute atomic E-state index is 0.154. The second-order valence-electron chi connectivity index (χ2n) is 7.38. The van der Waals surface area contributed by atoms with Crippen LogP contribution in [0.4, 0.5) is 10.5 Å². The summed E-state index contributed by atoms with van der Waals surface area (Å²) in [5.41, 5.74) is 3.07. The lowest BCUT2D eigenvalue weighted by molar-refractivity contribution is 0.0513. The van der Waals surface area contributed by atoms with Gasteiger partial charge in [0.05, 0.1) is 19.7 Å². The van der Waals surface area contributed by atoms with E-state index in [0.717, 1.165) is 11.3 Å². The third kappa shape index (κ3) is 3.90. The van der Waals surface area contributed by atoms with E-state index in [2.05, 4.69) is 17.0 Å². The Morgan fingerprint density at radius 3 is 2.87 bits per heavy atom. The molecular formula is C22H25N5O4. The molecule has 0 bridgehead atoms. The first-order valence-corrected chi connectivity index (χ1v) is 10.3. The van der Waals surface area contributed by atoms with Crippen molar-refractivity contribution >= 4 is 23.6 Å². The number of nitrogens with zero attached hydrogens (tertiary/aromatic N) is 4. The topological polar surface area (TPSA) is 96.8 Å². The number of nitrogens with one attached hydrogen (secondary N) is 1. The van der Waals surface area contributed by atoms with Gasteiger partial charge >= 0.3 is 12.0 Å². The van der Waals surface area contributed by atoms with Crippen molar-refractivity contribution in [2.24, 2.45) is 0 Å². The first-order chi connectivity index (χ1) is 15.0. The molecule has 1 fully saturated rings. The zero-order chi connectivity index (χ0) is 22.0. The van der Waals surface area contributed by atoms with E-state index in [1.54, 1.807) is 45.7 Å². The third-order valence-corrected chi connectivity index (χ3v) is 5.45. The van der Waals surface area contributed by atoms with Gasteiger partial charge in [-0.25, -0.2) is 9.59 Å². The van der Waals surface area contributed by atoms with E-state index in [0.29, 0.717) is 43.9 Å². The Hall–Kier alpha value is -3.62. The van der Waals surface area contributed by atoms with Gasteiger partial charge in [0.15, 0.2) is 5.69 Å². The third-order valence-electron chi connectivity index (χ3n) is 5.45. The molecule has 2 aliphatic heterocycles. The number of anilines is 1. The smallest absolute Gasteiger partial charge is 0.359 e. The number of allylic oxidation sites excluding steroid dienone is 1. The minimum atomic E-state index is -0.488. The molecule has 4 rings (SSSR count). The molecule has 3 amide bonds. The lowest BCUT2D eigenvalue weighted by atomic mass is 10.0. The summed E-state index contributed by atoms with van der Waals surface area (Å²) in [5, 5.41) is 7.19. The van der Waals surface area contributed by atoms with Gasteiger partial charge in [-0.15, -0.1) is 6.58 Å². The number of urea groups is 1. The second-order valence-corrected chi connectivity index (χ2v) is 7.38. The van der Waals surface area contributed by atoms with Crippen LogP contribution in [-0.4, -0.2) is 58.8 Å². The van der Waals surface area contributed by atoms with Gasteiger partial charge in [-0.05, 0) is 25.1 Å². The number of carbonyl (C=O) groups excluding carboxylic acids is 3. The van der Waals surface area contributed by atoms with Crippen LogP contribution in [0.15, 0.2) is 36.9 Å². The van der Waals surface area contributed by atoms with Crippen LogP contribution in [0.3, 0.4) is 0 Å². The van der Waals surface area contributed by atoms with Crippen molar-refractivity contribution in [1.82, 2.24) is 20.0 Å². The van der Waals surface area contributed by atoms with E-state index in [4.69, 9.17) is 4.74 Å². The average molecular weight is 423 g/mol. The summed E-state index contributed by atoms with van der Waals surface area (Å²) in [4.78, 5) is 41.0. The minimum Gasteiger partial charge on any atom is -0.461 e. The van der Waals surface area contributed by atoms with Crippen molar-refractivity contribution in [3.05, 3.63) is 59.4 Å². The first-order valence-electron chi connectivity index (χ1n) is 10.3. The molecule has 2 aromatic rings. The molecule has 1 saturated heterocycles. The summed E-state index contributed by atoms with van der Waals surface area (Å²) in [6.07, 6.45) is 2.30. The number of aromatic nitrogens is 2. The van der Waals surface area contributed by atoms with Crippen molar-refractivity contribution in [3.63, 3.8) is 0 Å². The molecule has 0 atom stereocenters. The van der Waals surface area contributed by atoms with Crippen LogP contribution in [0.2, 0.25) is 0 Å². The van der Waals surface area contributed by atoms with Gasteiger partial charge < -0.3 is 15.0 Å².